The summed E-state index contributed by atoms with van der Waals surface area (Å²) in [7, 11) is 0. The molecule has 1 aromatic heterocycles. The Kier molecular flexibility index (Phi) is 5.17. The highest BCUT2D eigenvalue weighted by Crippen LogP contribution is 2.20. The maximum Gasteiger partial charge on any atom is 0.124 e. The van der Waals surface area contributed by atoms with E-state index < -0.39 is 0 Å². The van der Waals surface area contributed by atoms with Crippen LogP contribution in [0.3, 0.4) is 0 Å². The number of aromatic nitrogens is 2. The van der Waals surface area contributed by atoms with E-state index in [0.29, 0.717) is 13.2 Å². The fourth-order valence-electron chi connectivity index (χ4n) is 3.12. The molecule has 0 atom stereocenters. The van der Waals surface area contributed by atoms with Gasteiger partial charge in [0.15, 0.2) is 0 Å². The molecule has 4 heteroatoms. The van der Waals surface area contributed by atoms with Gasteiger partial charge in [0, 0.05) is 12.1 Å². The number of aromatic amines is 1. The predicted octanol–water partition coefficient (Wildman–Crippen LogP) is 4.74. The third-order valence-electron chi connectivity index (χ3n) is 4.66. The molecule has 0 unspecified atom stereocenters. The Balaban J connectivity index is 1.38. The summed E-state index contributed by atoms with van der Waals surface area (Å²) in [6.45, 7) is 4.09. The quantitative estimate of drug-likeness (QED) is 0.502. The first-order valence-corrected chi connectivity index (χ1v) is 9.19. The minimum absolute atomic E-state index is 0.577. The van der Waals surface area contributed by atoms with Crippen LogP contribution in [-0.2, 0) is 19.7 Å². The minimum atomic E-state index is 0.577. The third-order valence-corrected chi connectivity index (χ3v) is 4.66. The average Bonchev–Trinajstić information content (AvgIpc) is 3.11. The number of nitrogens with one attached hydrogen (secondary N) is 2. The van der Waals surface area contributed by atoms with Crippen molar-refractivity contribution in [2.24, 2.45) is 0 Å². The van der Waals surface area contributed by atoms with Gasteiger partial charge in [-0.25, -0.2) is 4.98 Å². The molecular weight excluding hydrogens is 334 g/mol. The van der Waals surface area contributed by atoms with E-state index in [1.54, 1.807) is 0 Å². The largest absolute Gasteiger partial charge is 0.489 e. The maximum atomic E-state index is 6.09. The standard InChI is InChI=1S/C23H23N3O/c1-17-8-2-3-10-19(17)16-27-22-13-7-4-9-18(22)14-24-15-23-25-20-11-5-6-12-21(20)26-23/h2-13,24H,14-16H2,1H3,(H,25,26). The number of ether oxygens (including phenoxy) is 1. The molecule has 2 N–H and O–H groups in total. The normalized spacial score (nSPS) is 11.0. The molecule has 0 amide bonds. The third kappa shape index (κ3) is 4.18. The van der Waals surface area contributed by atoms with Crippen LogP contribution >= 0.6 is 0 Å². The number of fused-ring (bicyclic) bond motifs is 1. The van der Waals surface area contributed by atoms with E-state index in [2.05, 4.69) is 46.5 Å². The van der Waals surface area contributed by atoms with Crippen LogP contribution in [0.15, 0.2) is 72.8 Å². The molecule has 136 valence electrons. The van der Waals surface area contributed by atoms with E-state index in [1.165, 1.54) is 11.1 Å². The van der Waals surface area contributed by atoms with E-state index >= 15 is 0 Å². The van der Waals surface area contributed by atoms with Crippen LogP contribution in [-0.4, -0.2) is 9.97 Å². The highest BCUT2D eigenvalue weighted by Gasteiger charge is 2.06. The topological polar surface area (TPSA) is 49.9 Å². The van der Waals surface area contributed by atoms with Gasteiger partial charge in [0.25, 0.3) is 0 Å². The molecule has 0 aliphatic heterocycles. The van der Waals surface area contributed by atoms with Crippen LogP contribution in [0.2, 0.25) is 0 Å². The van der Waals surface area contributed by atoms with Crippen molar-refractivity contribution in [1.29, 1.82) is 0 Å². The Bertz CT molecular complexity index is 1010. The number of imidazole rings is 1. The zero-order valence-corrected chi connectivity index (χ0v) is 15.4. The van der Waals surface area contributed by atoms with Gasteiger partial charge in [0.1, 0.15) is 18.2 Å². The van der Waals surface area contributed by atoms with Crippen molar-refractivity contribution in [2.45, 2.75) is 26.6 Å². The lowest BCUT2D eigenvalue weighted by atomic mass is 10.1. The Morgan fingerprint density at radius 2 is 1.59 bits per heavy atom. The second-order valence-electron chi connectivity index (χ2n) is 6.63. The Labute approximate surface area is 159 Å². The van der Waals surface area contributed by atoms with Gasteiger partial charge in [-0.05, 0) is 36.2 Å². The van der Waals surface area contributed by atoms with E-state index in [9.17, 15) is 0 Å². The molecule has 0 saturated carbocycles. The lowest BCUT2D eigenvalue weighted by Crippen LogP contribution is -2.14. The molecule has 3 aromatic carbocycles. The van der Waals surface area contributed by atoms with Crippen LogP contribution in [0.4, 0.5) is 0 Å². The lowest BCUT2D eigenvalue weighted by molar-refractivity contribution is 0.301. The predicted molar refractivity (Wildman–Crippen MR) is 109 cm³/mol. The highest BCUT2D eigenvalue weighted by atomic mass is 16.5. The Morgan fingerprint density at radius 1 is 0.852 bits per heavy atom. The van der Waals surface area contributed by atoms with Gasteiger partial charge >= 0.3 is 0 Å². The summed E-state index contributed by atoms with van der Waals surface area (Å²) >= 11 is 0. The zero-order chi connectivity index (χ0) is 18.5. The van der Waals surface area contributed by atoms with Crippen molar-refractivity contribution in [1.82, 2.24) is 15.3 Å². The highest BCUT2D eigenvalue weighted by molar-refractivity contribution is 5.74. The number of H-pyrrole nitrogens is 1. The molecule has 4 rings (SSSR count). The fourth-order valence-corrected chi connectivity index (χ4v) is 3.12. The van der Waals surface area contributed by atoms with E-state index in [0.717, 1.165) is 34.7 Å². The van der Waals surface area contributed by atoms with Crippen LogP contribution in [0.5, 0.6) is 5.75 Å². The second kappa shape index (κ2) is 8.06. The average molecular weight is 357 g/mol. The molecule has 0 radical (unpaired) electrons. The number of hydrogen-bond donors (Lipinski definition) is 2. The van der Waals surface area contributed by atoms with Crippen molar-refractivity contribution in [3.8, 4) is 5.75 Å². The second-order valence-corrected chi connectivity index (χ2v) is 6.63. The zero-order valence-electron chi connectivity index (χ0n) is 15.4. The number of hydrogen-bond acceptors (Lipinski definition) is 3. The number of aryl methyl sites for hydroxylation is 1. The monoisotopic (exact) mass is 357 g/mol. The molecule has 0 fully saturated rings. The number of benzene rings is 3. The van der Waals surface area contributed by atoms with Crippen LogP contribution in [0.1, 0.15) is 22.5 Å². The summed E-state index contributed by atoms with van der Waals surface area (Å²) < 4.78 is 6.09. The number of rotatable bonds is 7. The molecular formula is C23H23N3O. The van der Waals surface area contributed by atoms with Gasteiger partial charge in [-0.1, -0.05) is 54.6 Å². The lowest BCUT2D eigenvalue weighted by Gasteiger charge is -2.13. The van der Waals surface area contributed by atoms with Crippen LogP contribution < -0.4 is 10.1 Å². The molecule has 0 bridgehead atoms. The molecule has 0 aliphatic carbocycles. The van der Waals surface area contributed by atoms with Crippen LogP contribution in [0, 0.1) is 6.92 Å². The van der Waals surface area contributed by atoms with Crippen LogP contribution in [0.25, 0.3) is 11.0 Å². The van der Waals surface area contributed by atoms with Gasteiger partial charge in [0.05, 0.1) is 17.6 Å². The van der Waals surface area contributed by atoms with Gasteiger partial charge in [-0.3, -0.25) is 0 Å². The fraction of sp³-hybridized carbons (Fsp3) is 0.174. The van der Waals surface area contributed by atoms with Gasteiger partial charge < -0.3 is 15.0 Å². The first-order chi connectivity index (χ1) is 13.3. The summed E-state index contributed by atoms with van der Waals surface area (Å²) in [6, 6.07) is 24.6. The Morgan fingerprint density at radius 3 is 2.44 bits per heavy atom. The van der Waals surface area contributed by atoms with Crippen molar-refractivity contribution < 1.29 is 4.74 Å². The summed E-state index contributed by atoms with van der Waals surface area (Å²) in [5.41, 5.74) is 5.66. The van der Waals surface area contributed by atoms with Gasteiger partial charge in [-0.15, -0.1) is 0 Å². The SMILES string of the molecule is Cc1ccccc1COc1ccccc1CNCc1nc2ccccc2[nH]1. The van der Waals surface area contributed by atoms with E-state index in [-0.39, 0.29) is 0 Å². The van der Waals surface area contributed by atoms with Gasteiger partial charge in [-0.2, -0.15) is 0 Å². The van der Waals surface area contributed by atoms with Crippen molar-refractivity contribution in [2.75, 3.05) is 0 Å². The Hall–Kier alpha value is -3.11. The van der Waals surface area contributed by atoms with E-state index in [1.807, 2.05) is 48.5 Å². The molecule has 0 aliphatic rings. The molecule has 4 nitrogen and oxygen atoms in total. The van der Waals surface area contributed by atoms with Crippen molar-refractivity contribution in [3.63, 3.8) is 0 Å². The molecule has 0 saturated heterocycles. The summed E-state index contributed by atoms with van der Waals surface area (Å²) in [5, 5.41) is 3.46. The molecule has 27 heavy (non-hydrogen) atoms. The summed E-state index contributed by atoms with van der Waals surface area (Å²) in [6.07, 6.45) is 0. The first-order valence-electron chi connectivity index (χ1n) is 9.19. The summed E-state index contributed by atoms with van der Waals surface area (Å²) in [4.78, 5) is 7.95. The molecule has 1 heterocycles. The number of para-hydroxylation sites is 3. The van der Waals surface area contributed by atoms with Crippen molar-refractivity contribution in [3.05, 3.63) is 95.3 Å². The first kappa shape index (κ1) is 17.3. The molecule has 4 aromatic rings. The van der Waals surface area contributed by atoms with Gasteiger partial charge in [0.2, 0.25) is 0 Å². The molecule has 0 spiro atoms. The minimum Gasteiger partial charge on any atom is -0.489 e. The number of nitrogens with zero attached hydrogens (tertiary/aromatic N) is 1. The maximum absolute atomic E-state index is 6.09. The van der Waals surface area contributed by atoms with E-state index in [4.69, 9.17) is 4.74 Å². The van der Waals surface area contributed by atoms with Crippen molar-refractivity contribution >= 4 is 11.0 Å². The smallest absolute Gasteiger partial charge is 0.124 e. The summed E-state index contributed by atoms with van der Waals surface area (Å²) in [5.74, 6) is 1.85.